The van der Waals surface area contributed by atoms with Crippen molar-refractivity contribution in [1.82, 2.24) is 9.88 Å². The normalized spacial score (nSPS) is 14.4. The molecular formula is C22H25N3O3. The first kappa shape index (κ1) is 19.8. The van der Waals surface area contributed by atoms with Crippen LogP contribution in [0.25, 0.3) is 11.1 Å². The lowest BCUT2D eigenvalue weighted by molar-refractivity contribution is 0.0362. The average Bonchev–Trinajstić information content (AvgIpc) is 2.73. The summed E-state index contributed by atoms with van der Waals surface area (Å²) >= 11 is 0. The molecule has 1 fully saturated rings. The number of carbonyl (C=O) groups excluding carboxylic acids is 1. The number of nitrogens with zero attached hydrogens (tertiary/aromatic N) is 3. The number of rotatable bonds is 4. The molecule has 28 heavy (non-hydrogen) atoms. The largest absolute Gasteiger partial charge is 0.480 e. The standard InChI is InChI=1S/C22H25N3O3/c1-14-19(13-23)21(27-4)24-15(2)20(14)16-6-5-7-17(12-16)22(26)25(3)18-8-10-28-11-9-18/h5-7,12,18H,8-11H2,1-4H3. The number of aryl methyl sites for hydroxylation is 1. The molecule has 1 aliphatic heterocycles. The van der Waals surface area contributed by atoms with Gasteiger partial charge >= 0.3 is 0 Å². The predicted octanol–water partition coefficient (Wildman–Crippen LogP) is 3.50. The van der Waals surface area contributed by atoms with Crippen molar-refractivity contribution in [2.24, 2.45) is 0 Å². The van der Waals surface area contributed by atoms with Crippen LogP contribution in [0.5, 0.6) is 5.88 Å². The fraction of sp³-hybridized carbons (Fsp3) is 0.409. The molecule has 3 rings (SSSR count). The molecule has 2 aromatic rings. The summed E-state index contributed by atoms with van der Waals surface area (Å²) in [6.07, 6.45) is 1.71. The second-order valence-electron chi connectivity index (χ2n) is 7.03. The van der Waals surface area contributed by atoms with Gasteiger partial charge in [-0.2, -0.15) is 5.26 Å². The van der Waals surface area contributed by atoms with Crippen molar-refractivity contribution in [2.75, 3.05) is 27.4 Å². The lowest BCUT2D eigenvalue weighted by atomic mass is 9.94. The van der Waals surface area contributed by atoms with Gasteiger partial charge < -0.3 is 14.4 Å². The smallest absolute Gasteiger partial charge is 0.253 e. The zero-order valence-corrected chi connectivity index (χ0v) is 16.8. The third-order valence-corrected chi connectivity index (χ3v) is 5.36. The van der Waals surface area contributed by atoms with Gasteiger partial charge in [-0.05, 0) is 49.9 Å². The van der Waals surface area contributed by atoms with E-state index in [9.17, 15) is 10.1 Å². The number of pyridine rings is 1. The quantitative estimate of drug-likeness (QED) is 0.813. The molecule has 1 aromatic heterocycles. The van der Waals surface area contributed by atoms with Gasteiger partial charge in [-0.1, -0.05) is 12.1 Å². The Kier molecular flexibility index (Phi) is 5.96. The fourth-order valence-corrected chi connectivity index (χ4v) is 3.78. The lowest BCUT2D eigenvalue weighted by Gasteiger charge is -2.31. The van der Waals surface area contributed by atoms with Gasteiger partial charge in [0.15, 0.2) is 0 Å². The number of hydrogen-bond donors (Lipinski definition) is 0. The summed E-state index contributed by atoms with van der Waals surface area (Å²) in [4.78, 5) is 19.3. The molecule has 0 spiro atoms. The zero-order chi connectivity index (χ0) is 20.3. The molecule has 1 aromatic carbocycles. The van der Waals surface area contributed by atoms with Gasteiger partial charge in [0.25, 0.3) is 5.91 Å². The summed E-state index contributed by atoms with van der Waals surface area (Å²) in [6, 6.07) is 9.89. The van der Waals surface area contributed by atoms with Gasteiger partial charge in [-0.15, -0.1) is 0 Å². The van der Waals surface area contributed by atoms with Crippen LogP contribution in [0.15, 0.2) is 24.3 Å². The summed E-state index contributed by atoms with van der Waals surface area (Å²) in [7, 11) is 3.36. The van der Waals surface area contributed by atoms with Crippen molar-refractivity contribution >= 4 is 5.91 Å². The number of nitriles is 1. The Balaban J connectivity index is 1.98. The van der Waals surface area contributed by atoms with E-state index < -0.39 is 0 Å². The Hall–Kier alpha value is -2.91. The first-order chi connectivity index (χ1) is 13.5. The highest BCUT2D eigenvalue weighted by Gasteiger charge is 2.24. The third-order valence-electron chi connectivity index (χ3n) is 5.36. The molecule has 0 bridgehead atoms. The highest BCUT2D eigenvalue weighted by Crippen LogP contribution is 2.33. The molecule has 1 aliphatic rings. The van der Waals surface area contributed by atoms with Crippen LogP contribution in [0.3, 0.4) is 0 Å². The van der Waals surface area contributed by atoms with Gasteiger partial charge in [-0.3, -0.25) is 4.79 Å². The van der Waals surface area contributed by atoms with Crippen LogP contribution in [0.4, 0.5) is 0 Å². The van der Waals surface area contributed by atoms with Crippen molar-refractivity contribution in [3.05, 3.63) is 46.6 Å². The number of hydrogen-bond acceptors (Lipinski definition) is 5. The van der Waals surface area contributed by atoms with E-state index in [0.717, 1.165) is 35.2 Å². The Labute approximate surface area is 165 Å². The number of methoxy groups -OCH3 is 1. The SMILES string of the molecule is COc1nc(C)c(-c2cccc(C(=O)N(C)C3CCOCC3)c2)c(C)c1C#N. The Morgan fingerprint density at radius 2 is 2.04 bits per heavy atom. The molecule has 146 valence electrons. The van der Waals surface area contributed by atoms with Crippen molar-refractivity contribution < 1.29 is 14.3 Å². The van der Waals surface area contributed by atoms with Gasteiger partial charge in [0.1, 0.15) is 11.6 Å². The summed E-state index contributed by atoms with van der Waals surface area (Å²) in [6.45, 7) is 5.15. The van der Waals surface area contributed by atoms with E-state index in [4.69, 9.17) is 9.47 Å². The monoisotopic (exact) mass is 379 g/mol. The van der Waals surface area contributed by atoms with Crippen LogP contribution in [-0.2, 0) is 4.74 Å². The average molecular weight is 379 g/mol. The Morgan fingerprint density at radius 3 is 2.68 bits per heavy atom. The topological polar surface area (TPSA) is 75.4 Å². The van der Waals surface area contributed by atoms with Gasteiger partial charge in [0.2, 0.25) is 5.88 Å². The van der Waals surface area contributed by atoms with E-state index in [1.165, 1.54) is 7.11 Å². The van der Waals surface area contributed by atoms with Crippen LogP contribution in [-0.4, -0.2) is 49.2 Å². The van der Waals surface area contributed by atoms with Crippen LogP contribution in [0.1, 0.15) is 40.0 Å². The van der Waals surface area contributed by atoms with Crippen LogP contribution in [0, 0.1) is 25.2 Å². The third kappa shape index (κ3) is 3.71. The molecule has 1 saturated heterocycles. The van der Waals surface area contributed by atoms with E-state index in [-0.39, 0.29) is 11.9 Å². The van der Waals surface area contributed by atoms with Crippen LogP contribution >= 0.6 is 0 Å². The molecule has 0 aliphatic carbocycles. The molecule has 0 radical (unpaired) electrons. The molecule has 6 nitrogen and oxygen atoms in total. The summed E-state index contributed by atoms with van der Waals surface area (Å²) in [5.74, 6) is 0.318. The fourth-order valence-electron chi connectivity index (χ4n) is 3.78. The maximum Gasteiger partial charge on any atom is 0.253 e. The van der Waals surface area contributed by atoms with E-state index >= 15 is 0 Å². The van der Waals surface area contributed by atoms with Crippen molar-refractivity contribution in [1.29, 1.82) is 5.26 Å². The molecule has 0 atom stereocenters. The minimum Gasteiger partial charge on any atom is -0.480 e. The van der Waals surface area contributed by atoms with Gasteiger partial charge in [0.05, 0.1) is 7.11 Å². The Morgan fingerprint density at radius 1 is 1.32 bits per heavy atom. The van der Waals surface area contributed by atoms with E-state index in [0.29, 0.717) is 30.2 Å². The predicted molar refractivity (Wildman–Crippen MR) is 106 cm³/mol. The number of benzene rings is 1. The summed E-state index contributed by atoms with van der Waals surface area (Å²) in [5.41, 5.74) is 4.33. The minimum absolute atomic E-state index is 0.00830. The van der Waals surface area contributed by atoms with E-state index in [2.05, 4.69) is 11.1 Å². The number of aromatic nitrogens is 1. The molecule has 0 saturated carbocycles. The first-order valence-electron chi connectivity index (χ1n) is 9.38. The number of carbonyl (C=O) groups is 1. The van der Waals surface area contributed by atoms with Gasteiger partial charge in [0, 0.05) is 43.1 Å². The highest BCUT2D eigenvalue weighted by molar-refractivity contribution is 5.95. The van der Waals surface area contributed by atoms with Crippen LogP contribution < -0.4 is 4.74 Å². The molecule has 6 heteroatoms. The maximum atomic E-state index is 13.0. The Bertz CT molecular complexity index is 927. The summed E-state index contributed by atoms with van der Waals surface area (Å²) in [5, 5.41) is 9.51. The molecule has 2 heterocycles. The second kappa shape index (κ2) is 8.41. The van der Waals surface area contributed by atoms with Crippen molar-refractivity contribution in [3.8, 4) is 23.1 Å². The maximum absolute atomic E-state index is 13.0. The van der Waals surface area contributed by atoms with E-state index in [1.54, 1.807) is 0 Å². The minimum atomic E-state index is -0.00830. The lowest BCUT2D eigenvalue weighted by Crippen LogP contribution is -2.40. The highest BCUT2D eigenvalue weighted by atomic mass is 16.5. The van der Waals surface area contributed by atoms with Crippen molar-refractivity contribution in [2.45, 2.75) is 32.7 Å². The molecule has 0 unspecified atom stereocenters. The molecule has 1 amide bonds. The molecule has 0 N–H and O–H groups in total. The number of amides is 1. The second-order valence-corrected chi connectivity index (χ2v) is 7.03. The zero-order valence-electron chi connectivity index (χ0n) is 16.8. The van der Waals surface area contributed by atoms with Crippen LogP contribution in [0.2, 0.25) is 0 Å². The molecular weight excluding hydrogens is 354 g/mol. The van der Waals surface area contributed by atoms with Gasteiger partial charge in [-0.25, -0.2) is 4.98 Å². The van der Waals surface area contributed by atoms with E-state index in [1.807, 2.05) is 50.1 Å². The first-order valence-corrected chi connectivity index (χ1v) is 9.38. The number of ether oxygens (including phenoxy) is 2. The summed E-state index contributed by atoms with van der Waals surface area (Å²) < 4.78 is 10.6. The van der Waals surface area contributed by atoms with Crippen molar-refractivity contribution in [3.63, 3.8) is 0 Å².